The van der Waals surface area contributed by atoms with Crippen LogP contribution in [0.2, 0.25) is 0 Å². The zero-order valence-electron chi connectivity index (χ0n) is 11.7. The molecule has 0 radical (unpaired) electrons. The number of nitrogens with zero attached hydrogens (tertiary/aromatic N) is 2. The number of halogens is 2. The number of hydrogen-bond acceptors (Lipinski definition) is 2. The molecule has 0 amide bonds. The highest BCUT2D eigenvalue weighted by Gasteiger charge is 2.15. The summed E-state index contributed by atoms with van der Waals surface area (Å²) in [5.74, 6) is -1.71. The average molecular weight is 267 g/mol. The predicted molar refractivity (Wildman–Crippen MR) is 72.1 cm³/mol. The minimum Gasteiger partial charge on any atom is -0.326 e. The van der Waals surface area contributed by atoms with Gasteiger partial charge in [0.05, 0.1) is 17.4 Å². The molecule has 5 heteroatoms. The third-order valence-corrected chi connectivity index (χ3v) is 3.02. The molecule has 19 heavy (non-hydrogen) atoms. The Morgan fingerprint density at radius 1 is 1.26 bits per heavy atom. The Morgan fingerprint density at radius 2 is 1.89 bits per heavy atom. The third kappa shape index (κ3) is 3.10. The zero-order chi connectivity index (χ0) is 14.2. The molecule has 1 heterocycles. The van der Waals surface area contributed by atoms with Crippen molar-refractivity contribution in [1.29, 1.82) is 0 Å². The highest BCUT2D eigenvalue weighted by Crippen LogP contribution is 2.20. The Morgan fingerprint density at radius 3 is 2.53 bits per heavy atom. The van der Waals surface area contributed by atoms with Gasteiger partial charge in [-0.2, -0.15) is 0 Å². The first-order valence-electron chi connectivity index (χ1n) is 6.34. The van der Waals surface area contributed by atoms with Crippen LogP contribution < -0.4 is 5.32 Å². The molecular formula is C14H19F2N3. The van der Waals surface area contributed by atoms with Gasteiger partial charge in [-0.15, -0.1) is 0 Å². The van der Waals surface area contributed by atoms with Crippen LogP contribution in [0.15, 0.2) is 18.5 Å². The lowest BCUT2D eigenvalue weighted by Crippen LogP contribution is -2.39. The van der Waals surface area contributed by atoms with Crippen molar-refractivity contribution in [2.75, 3.05) is 6.54 Å². The molecule has 104 valence electrons. The lowest BCUT2D eigenvalue weighted by atomic mass is 10.1. The van der Waals surface area contributed by atoms with Crippen LogP contribution >= 0.6 is 0 Å². The van der Waals surface area contributed by atoms with Crippen molar-refractivity contribution >= 4 is 11.0 Å². The number of imidazole rings is 1. The second kappa shape index (κ2) is 4.89. The fraction of sp³-hybridized carbons (Fsp3) is 0.500. The number of benzene rings is 1. The Kier molecular flexibility index (Phi) is 3.58. The highest BCUT2D eigenvalue weighted by atomic mass is 19.2. The van der Waals surface area contributed by atoms with E-state index < -0.39 is 11.6 Å². The minimum absolute atomic E-state index is 0.0159. The number of aromatic nitrogens is 2. The molecule has 1 N–H and O–H groups in total. The van der Waals surface area contributed by atoms with Crippen molar-refractivity contribution in [3.05, 3.63) is 30.1 Å². The molecule has 1 aromatic carbocycles. The van der Waals surface area contributed by atoms with E-state index in [1.165, 1.54) is 6.07 Å². The van der Waals surface area contributed by atoms with E-state index in [9.17, 15) is 8.78 Å². The molecule has 0 saturated carbocycles. The molecule has 0 aliphatic heterocycles. The van der Waals surface area contributed by atoms with Crippen LogP contribution in [0.5, 0.6) is 0 Å². The maximum atomic E-state index is 13.3. The molecular weight excluding hydrogens is 248 g/mol. The van der Waals surface area contributed by atoms with Crippen molar-refractivity contribution in [2.24, 2.45) is 0 Å². The topological polar surface area (TPSA) is 29.9 Å². The van der Waals surface area contributed by atoms with Gasteiger partial charge in [0.15, 0.2) is 11.6 Å². The standard InChI is InChI=1S/C14H19F2N3/c1-9(7-18-14(2,3)4)19-8-17-12-5-10(15)11(16)6-13(12)19/h5-6,8-9,18H,7H2,1-4H3. The lowest BCUT2D eigenvalue weighted by molar-refractivity contribution is 0.382. The maximum absolute atomic E-state index is 13.3. The van der Waals surface area contributed by atoms with Crippen molar-refractivity contribution < 1.29 is 8.78 Å². The van der Waals surface area contributed by atoms with Gasteiger partial charge in [-0.3, -0.25) is 0 Å². The molecule has 1 aromatic heterocycles. The van der Waals surface area contributed by atoms with Crippen LogP contribution in [-0.4, -0.2) is 21.6 Å². The van der Waals surface area contributed by atoms with Crippen LogP contribution in [0.3, 0.4) is 0 Å². The van der Waals surface area contributed by atoms with Gasteiger partial charge >= 0.3 is 0 Å². The van der Waals surface area contributed by atoms with Crippen molar-refractivity contribution in [3.8, 4) is 0 Å². The molecule has 3 nitrogen and oxygen atoms in total. The van der Waals surface area contributed by atoms with E-state index in [0.717, 1.165) is 12.6 Å². The maximum Gasteiger partial charge on any atom is 0.161 e. The lowest BCUT2D eigenvalue weighted by Gasteiger charge is -2.24. The van der Waals surface area contributed by atoms with E-state index in [4.69, 9.17) is 0 Å². The smallest absolute Gasteiger partial charge is 0.161 e. The normalized spacial score (nSPS) is 14.0. The van der Waals surface area contributed by atoms with E-state index in [1.807, 2.05) is 11.5 Å². The summed E-state index contributed by atoms with van der Waals surface area (Å²) >= 11 is 0. The number of rotatable bonds is 3. The van der Waals surface area contributed by atoms with Gasteiger partial charge < -0.3 is 9.88 Å². The number of nitrogens with one attached hydrogen (secondary N) is 1. The third-order valence-electron chi connectivity index (χ3n) is 3.02. The summed E-state index contributed by atoms with van der Waals surface area (Å²) in [7, 11) is 0. The molecule has 0 aliphatic rings. The molecule has 0 aliphatic carbocycles. The second-order valence-electron chi connectivity index (χ2n) is 5.89. The highest BCUT2D eigenvalue weighted by molar-refractivity contribution is 5.75. The van der Waals surface area contributed by atoms with Gasteiger partial charge in [-0.25, -0.2) is 13.8 Å². The van der Waals surface area contributed by atoms with Gasteiger partial charge in [0.25, 0.3) is 0 Å². The first-order chi connectivity index (χ1) is 8.78. The first kappa shape index (κ1) is 13.9. The molecule has 2 rings (SSSR count). The number of fused-ring (bicyclic) bond motifs is 1. The van der Waals surface area contributed by atoms with Gasteiger partial charge in [0.2, 0.25) is 0 Å². The van der Waals surface area contributed by atoms with Crippen LogP contribution in [0, 0.1) is 11.6 Å². The minimum atomic E-state index is -0.863. The summed E-state index contributed by atoms with van der Waals surface area (Å²) < 4.78 is 28.3. The SMILES string of the molecule is CC(CNC(C)(C)C)n1cnc2cc(F)c(F)cc21. The van der Waals surface area contributed by atoms with E-state index in [0.29, 0.717) is 11.0 Å². The van der Waals surface area contributed by atoms with Crippen molar-refractivity contribution in [1.82, 2.24) is 14.9 Å². The monoisotopic (exact) mass is 267 g/mol. The largest absolute Gasteiger partial charge is 0.326 e. The van der Waals surface area contributed by atoms with E-state index in [1.54, 1.807) is 6.33 Å². The fourth-order valence-electron chi connectivity index (χ4n) is 1.93. The van der Waals surface area contributed by atoms with Gasteiger partial charge in [-0.1, -0.05) is 0 Å². The van der Waals surface area contributed by atoms with Crippen molar-refractivity contribution in [2.45, 2.75) is 39.3 Å². The van der Waals surface area contributed by atoms with Crippen molar-refractivity contribution in [3.63, 3.8) is 0 Å². The fourth-order valence-corrected chi connectivity index (χ4v) is 1.93. The van der Waals surface area contributed by atoms with E-state index in [2.05, 4.69) is 31.1 Å². The summed E-state index contributed by atoms with van der Waals surface area (Å²) in [4.78, 5) is 4.11. The zero-order valence-corrected chi connectivity index (χ0v) is 11.7. The Labute approximate surface area is 111 Å². The van der Waals surface area contributed by atoms with E-state index in [-0.39, 0.29) is 11.6 Å². The summed E-state index contributed by atoms with van der Waals surface area (Å²) in [6.45, 7) is 9.00. The van der Waals surface area contributed by atoms with Gasteiger partial charge in [0, 0.05) is 30.3 Å². The molecule has 1 unspecified atom stereocenters. The molecule has 0 fully saturated rings. The van der Waals surface area contributed by atoms with Crippen LogP contribution in [0.4, 0.5) is 8.78 Å². The summed E-state index contributed by atoms with van der Waals surface area (Å²) in [6.07, 6.45) is 1.62. The first-order valence-corrected chi connectivity index (χ1v) is 6.34. The Hall–Kier alpha value is -1.49. The van der Waals surface area contributed by atoms with Gasteiger partial charge in [0.1, 0.15) is 0 Å². The average Bonchev–Trinajstić information content (AvgIpc) is 2.69. The van der Waals surface area contributed by atoms with Gasteiger partial charge in [-0.05, 0) is 27.7 Å². The molecule has 2 aromatic rings. The Balaban J connectivity index is 2.27. The molecule has 0 bridgehead atoms. The molecule has 1 atom stereocenters. The number of hydrogen-bond donors (Lipinski definition) is 1. The quantitative estimate of drug-likeness (QED) is 0.925. The Bertz CT molecular complexity index is 584. The van der Waals surface area contributed by atoms with Crippen LogP contribution in [-0.2, 0) is 0 Å². The summed E-state index contributed by atoms with van der Waals surface area (Å²) in [5.41, 5.74) is 1.10. The summed E-state index contributed by atoms with van der Waals surface area (Å²) in [5, 5.41) is 3.38. The van der Waals surface area contributed by atoms with Crippen LogP contribution in [0.25, 0.3) is 11.0 Å². The molecule has 0 spiro atoms. The predicted octanol–water partition coefficient (Wildman–Crippen LogP) is 3.26. The second-order valence-corrected chi connectivity index (χ2v) is 5.89. The summed E-state index contributed by atoms with van der Waals surface area (Å²) in [6, 6.07) is 2.44. The van der Waals surface area contributed by atoms with Crippen LogP contribution in [0.1, 0.15) is 33.7 Å². The molecule has 0 saturated heterocycles. The van der Waals surface area contributed by atoms with E-state index >= 15 is 0 Å².